The molecule has 0 spiro atoms. The summed E-state index contributed by atoms with van der Waals surface area (Å²) < 4.78 is 10.9. The Morgan fingerprint density at radius 3 is 2.42 bits per heavy atom. The van der Waals surface area contributed by atoms with E-state index in [0.29, 0.717) is 11.5 Å². The van der Waals surface area contributed by atoms with Crippen LogP contribution in [-0.2, 0) is 0 Å². The van der Waals surface area contributed by atoms with Gasteiger partial charge in [0.05, 0.1) is 12.7 Å². The molecule has 1 aromatic carbocycles. The van der Waals surface area contributed by atoms with E-state index < -0.39 is 5.60 Å². The number of rotatable bonds is 6. The quantitative estimate of drug-likeness (QED) is 0.831. The van der Waals surface area contributed by atoms with E-state index in [1.54, 1.807) is 20.1 Å². The van der Waals surface area contributed by atoms with E-state index in [9.17, 15) is 5.11 Å². The van der Waals surface area contributed by atoms with Gasteiger partial charge in [-0.2, -0.15) is 0 Å². The fraction of sp³-hybridized carbons (Fsp3) is 0.600. The fourth-order valence-corrected chi connectivity index (χ4v) is 1.53. The number of aliphatic hydroxyl groups is 1. The van der Waals surface area contributed by atoms with Crippen LogP contribution >= 0.6 is 0 Å². The molecule has 0 heterocycles. The van der Waals surface area contributed by atoms with Gasteiger partial charge in [-0.05, 0) is 25.8 Å². The normalized spacial score (nSPS) is 16.0. The van der Waals surface area contributed by atoms with Crippen LogP contribution in [0.1, 0.15) is 39.3 Å². The molecule has 0 aromatic heterocycles. The third-order valence-corrected chi connectivity index (χ3v) is 3.47. The SMILES string of the molecule is COc1ccc(C(C)N)c(OCC(C)(O)C(C)C)c1. The minimum atomic E-state index is -0.877. The highest BCUT2D eigenvalue weighted by molar-refractivity contribution is 5.42. The summed E-state index contributed by atoms with van der Waals surface area (Å²) in [6, 6.07) is 5.41. The molecular weight excluding hydrogens is 242 g/mol. The van der Waals surface area contributed by atoms with Crippen LogP contribution in [0.25, 0.3) is 0 Å². The van der Waals surface area contributed by atoms with Crippen molar-refractivity contribution in [1.29, 1.82) is 0 Å². The number of hydrogen-bond donors (Lipinski definition) is 2. The molecule has 1 aromatic rings. The molecule has 0 bridgehead atoms. The smallest absolute Gasteiger partial charge is 0.127 e. The van der Waals surface area contributed by atoms with Gasteiger partial charge in [0.25, 0.3) is 0 Å². The van der Waals surface area contributed by atoms with Gasteiger partial charge < -0.3 is 20.3 Å². The molecule has 4 nitrogen and oxygen atoms in total. The van der Waals surface area contributed by atoms with Crippen LogP contribution in [0, 0.1) is 5.92 Å². The van der Waals surface area contributed by atoms with Crippen LogP contribution in [0.5, 0.6) is 11.5 Å². The minimum absolute atomic E-state index is 0.108. The first-order valence-electron chi connectivity index (χ1n) is 6.56. The number of benzene rings is 1. The Hall–Kier alpha value is -1.26. The molecule has 2 atom stereocenters. The zero-order valence-corrected chi connectivity index (χ0v) is 12.4. The molecule has 4 heteroatoms. The molecule has 1 rings (SSSR count). The summed E-state index contributed by atoms with van der Waals surface area (Å²) in [4.78, 5) is 0. The molecule has 108 valence electrons. The molecule has 0 amide bonds. The molecule has 0 radical (unpaired) electrons. The first kappa shape index (κ1) is 15.8. The highest BCUT2D eigenvalue weighted by Gasteiger charge is 2.26. The molecule has 19 heavy (non-hydrogen) atoms. The lowest BCUT2D eigenvalue weighted by atomic mass is 9.93. The third-order valence-electron chi connectivity index (χ3n) is 3.47. The second kappa shape index (κ2) is 6.26. The number of ether oxygens (including phenoxy) is 2. The molecule has 0 saturated carbocycles. The predicted octanol–water partition coefficient (Wildman–Crippen LogP) is 2.50. The predicted molar refractivity (Wildman–Crippen MR) is 76.6 cm³/mol. The highest BCUT2D eigenvalue weighted by atomic mass is 16.5. The van der Waals surface area contributed by atoms with Crippen molar-refractivity contribution in [3.8, 4) is 11.5 Å². The number of nitrogens with two attached hydrogens (primary N) is 1. The Balaban J connectivity index is 2.92. The molecule has 0 aliphatic heterocycles. The van der Waals surface area contributed by atoms with Gasteiger partial charge in [0.15, 0.2) is 0 Å². The van der Waals surface area contributed by atoms with E-state index in [1.165, 1.54) is 0 Å². The first-order valence-corrected chi connectivity index (χ1v) is 6.56. The van der Waals surface area contributed by atoms with Crippen molar-refractivity contribution in [2.24, 2.45) is 11.7 Å². The largest absolute Gasteiger partial charge is 0.497 e. The number of hydrogen-bond acceptors (Lipinski definition) is 4. The van der Waals surface area contributed by atoms with Crippen molar-refractivity contribution in [1.82, 2.24) is 0 Å². The van der Waals surface area contributed by atoms with Crippen molar-refractivity contribution in [3.63, 3.8) is 0 Å². The van der Waals surface area contributed by atoms with Gasteiger partial charge in [0, 0.05) is 17.7 Å². The zero-order valence-electron chi connectivity index (χ0n) is 12.4. The van der Waals surface area contributed by atoms with Crippen molar-refractivity contribution >= 4 is 0 Å². The first-order chi connectivity index (χ1) is 8.77. The van der Waals surface area contributed by atoms with Gasteiger partial charge in [-0.25, -0.2) is 0 Å². The highest BCUT2D eigenvalue weighted by Crippen LogP contribution is 2.30. The summed E-state index contributed by atoms with van der Waals surface area (Å²) in [6.07, 6.45) is 0. The summed E-state index contributed by atoms with van der Waals surface area (Å²) in [5.74, 6) is 1.48. The molecule has 0 saturated heterocycles. The molecule has 0 aliphatic rings. The second-order valence-electron chi connectivity index (χ2n) is 5.49. The Labute approximate surface area is 115 Å². The van der Waals surface area contributed by atoms with Crippen LogP contribution in [0.4, 0.5) is 0 Å². The summed E-state index contributed by atoms with van der Waals surface area (Å²) in [7, 11) is 1.61. The molecule has 0 aliphatic carbocycles. The molecular formula is C15H25NO3. The van der Waals surface area contributed by atoms with E-state index in [2.05, 4.69) is 0 Å². The summed E-state index contributed by atoms with van der Waals surface area (Å²) in [6.45, 7) is 7.80. The lowest BCUT2D eigenvalue weighted by Crippen LogP contribution is -2.38. The standard InChI is InChI=1S/C15H25NO3/c1-10(2)15(4,17)9-19-14-8-12(18-5)6-7-13(14)11(3)16/h6-8,10-11,17H,9,16H2,1-5H3. The van der Waals surface area contributed by atoms with Crippen LogP contribution in [0.3, 0.4) is 0 Å². The molecule has 2 unspecified atom stereocenters. The van der Waals surface area contributed by atoms with Crippen LogP contribution in [0.15, 0.2) is 18.2 Å². The molecule has 3 N–H and O–H groups in total. The maximum absolute atomic E-state index is 10.2. The zero-order chi connectivity index (χ0) is 14.6. The van der Waals surface area contributed by atoms with E-state index >= 15 is 0 Å². The Kier molecular flexibility index (Phi) is 5.20. The average molecular weight is 267 g/mol. The molecule has 0 fully saturated rings. The van der Waals surface area contributed by atoms with Crippen LogP contribution in [-0.4, -0.2) is 24.4 Å². The lowest BCUT2D eigenvalue weighted by molar-refractivity contribution is -0.0269. The number of methoxy groups -OCH3 is 1. The third kappa shape index (κ3) is 4.11. The van der Waals surface area contributed by atoms with Crippen molar-refractivity contribution in [2.45, 2.75) is 39.3 Å². The lowest BCUT2D eigenvalue weighted by Gasteiger charge is -2.28. The Morgan fingerprint density at radius 1 is 1.32 bits per heavy atom. The Bertz CT molecular complexity index is 414. The van der Waals surface area contributed by atoms with Gasteiger partial charge in [0.2, 0.25) is 0 Å². The van der Waals surface area contributed by atoms with Crippen molar-refractivity contribution in [3.05, 3.63) is 23.8 Å². The second-order valence-corrected chi connectivity index (χ2v) is 5.49. The summed E-state index contributed by atoms with van der Waals surface area (Å²) in [5.41, 5.74) is 5.95. The van der Waals surface area contributed by atoms with Crippen molar-refractivity contribution in [2.75, 3.05) is 13.7 Å². The van der Waals surface area contributed by atoms with Crippen LogP contribution < -0.4 is 15.2 Å². The Morgan fingerprint density at radius 2 is 1.95 bits per heavy atom. The van der Waals surface area contributed by atoms with Gasteiger partial charge in [0.1, 0.15) is 18.1 Å². The van der Waals surface area contributed by atoms with E-state index in [1.807, 2.05) is 32.9 Å². The topological polar surface area (TPSA) is 64.7 Å². The van der Waals surface area contributed by atoms with Crippen molar-refractivity contribution < 1.29 is 14.6 Å². The van der Waals surface area contributed by atoms with Gasteiger partial charge in [-0.15, -0.1) is 0 Å². The van der Waals surface area contributed by atoms with E-state index in [4.69, 9.17) is 15.2 Å². The average Bonchev–Trinajstić information content (AvgIpc) is 2.35. The van der Waals surface area contributed by atoms with Gasteiger partial charge in [-0.1, -0.05) is 19.9 Å². The minimum Gasteiger partial charge on any atom is -0.497 e. The monoisotopic (exact) mass is 267 g/mol. The van der Waals surface area contributed by atoms with E-state index in [-0.39, 0.29) is 18.6 Å². The summed E-state index contributed by atoms with van der Waals surface area (Å²) in [5, 5.41) is 10.2. The maximum atomic E-state index is 10.2. The van der Waals surface area contributed by atoms with Gasteiger partial charge in [-0.3, -0.25) is 0 Å². The van der Waals surface area contributed by atoms with Gasteiger partial charge >= 0.3 is 0 Å². The maximum Gasteiger partial charge on any atom is 0.127 e. The van der Waals surface area contributed by atoms with E-state index in [0.717, 1.165) is 5.56 Å². The fourth-order valence-electron chi connectivity index (χ4n) is 1.53. The van der Waals surface area contributed by atoms with Crippen LogP contribution in [0.2, 0.25) is 0 Å². The summed E-state index contributed by atoms with van der Waals surface area (Å²) >= 11 is 0.